The molecule has 0 saturated carbocycles. The molecule has 2 rings (SSSR count). The van der Waals surface area contributed by atoms with Crippen LogP contribution in [0.5, 0.6) is 5.75 Å². The number of carbonyl (C=O) groups excluding carboxylic acids is 1. The molecule has 128 valence electrons. The highest BCUT2D eigenvalue weighted by Gasteiger charge is 2.14. The van der Waals surface area contributed by atoms with Crippen molar-refractivity contribution < 1.29 is 9.53 Å². The summed E-state index contributed by atoms with van der Waals surface area (Å²) in [5.41, 5.74) is 4.65. The topological polar surface area (TPSA) is 38.3 Å². The highest BCUT2D eigenvalue weighted by molar-refractivity contribution is 5.76. The van der Waals surface area contributed by atoms with Crippen molar-refractivity contribution in [1.82, 2.24) is 5.32 Å². The molecule has 0 unspecified atom stereocenters. The Balaban J connectivity index is 1.95. The number of benzene rings is 2. The summed E-state index contributed by atoms with van der Waals surface area (Å²) < 4.78 is 5.30. The lowest BCUT2D eigenvalue weighted by molar-refractivity contribution is -0.121. The van der Waals surface area contributed by atoms with Gasteiger partial charge in [-0.25, -0.2) is 0 Å². The number of rotatable bonds is 7. The van der Waals surface area contributed by atoms with Crippen LogP contribution in [0.3, 0.4) is 0 Å². The number of nitrogens with one attached hydrogen (secondary N) is 1. The van der Waals surface area contributed by atoms with Gasteiger partial charge in [0.25, 0.3) is 0 Å². The van der Waals surface area contributed by atoms with E-state index >= 15 is 0 Å². The highest BCUT2D eigenvalue weighted by atomic mass is 16.5. The first-order valence-electron chi connectivity index (χ1n) is 8.53. The zero-order valence-corrected chi connectivity index (χ0v) is 15.1. The minimum atomic E-state index is 0.0418. The summed E-state index contributed by atoms with van der Waals surface area (Å²) in [6.07, 6.45) is 2.14. The average Bonchev–Trinajstić information content (AvgIpc) is 2.59. The zero-order valence-electron chi connectivity index (χ0n) is 15.1. The van der Waals surface area contributed by atoms with Gasteiger partial charge in [0.15, 0.2) is 0 Å². The van der Waals surface area contributed by atoms with Crippen molar-refractivity contribution in [3.63, 3.8) is 0 Å². The molecule has 0 saturated heterocycles. The summed E-state index contributed by atoms with van der Waals surface area (Å²) in [6, 6.07) is 14.5. The third kappa shape index (κ3) is 4.85. The SMILES string of the molecule is CC[C@H](NC(=O)CCc1ccc(C)cc1)c1ccc(OC)c(C)c1. The number of aryl methyl sites for hydroxylation is 3. The number of ether oxygens (including phenoxy) is 1. The van der Waals surface area contributed by atoms with Crippen LogP contribution < -0.4 is 10.1 Å². The van der Waals surface area contributed by atoms with E-state index in [-0.39, 0.29) is 11.9 Å². The fourth-order valence-electron chi connectivity index (χ4n) is 2.82. The van der Waals surface area contributed by atoms with Crippen molar-refractivity contribution in [3.05, 3.63) is 64.7 Å². The van der Waals surface area contributed by atoms with Gasteiger partial charge in [0, 0.05) is 6.42 Å². The van der Waals surface area contributed by atoms with E-state index in [2.05, 4.69) is 49.5 Å². The average molecular weight is 325 g/mol. The summed E-state index contributed by atoms with van der Waals surface area (Å²) >= 11 is 0. The molecule has 0 spiro atoms. The first-order valence-corrected chi connectivity index (χ1v) is 8.53. The molecule has 24 heavy (non-hydrogen) atoms. The maximum atomic E-state index is 12.3. The highest BCUT2D eigenvalue weighted by Crippen LogP contribution is 2.24. The summed E-state index contributed by atoms with van der Waals surface area (Å²) in [5, 5.41) is 3.15. The minimum Gasteiger partial charge on any atom is -0.496 e. The number of carbonyl (C=O) groups is 1. The van der Waals surface area contributed by atoms with Gasteiger partial charge in [-0.2, -0.15) is 0 Å². The molecule has 0 heterocycles. The number of methoxy groups -OCH3 is 1. The van der Waals surface area contributed by atoms with E-state index in [4.69, 9.17) is 4.74 Å². The standard InChI is InChI=1S/C21H27NO2/c1-5-19(18-11-12-20(24-4)16(3)14-18)22-21(23)13-10-17-8-6-15(2)7-9-17/h6-9,11-12,14,19H,5,10,13H2,1-4H3,(H,22,23)/t19-/m0/s1. The smallest absolute Gasteiger partial charge is 0.220 e. The predicted molar refractivity (Wildman–Crippen MR) is 98.4 cm³/mol. The van der Waals surface area contributed by atoms with Crippen LogP contribution in [-0.2, 0) is 11.2 Å². The molecular formula is C21H27NO2. The quantitative estimate of drug-likeness (QED) is 0.813. The molecular weight excluding hydrogens is 298 g/mol. The molecule has 0 fully saturated rings. The van der Waals surface area contributed by atoms with E-state index < -0.39 is 0 Å². The molecule has 0 aliphatic carbocycles. The Labute approximate surface area is 145 Å². The van der Waals surface area contributed by atoms with Gasteiger partial charge >= 0.3 is 0 Å². The van der Waals surface area contributed by atoms with Gasteiger partial charge in [0.1, 0.15) is 5.75 Å². The zero-order chi connectivity index (χ0) is 17.5. The lowest BCUT2D eigenvalue weighted by Crippen LogP contribution is -2.28. The molecule has 0 aliphatic heterocycles. The lowest BCUT2D eigenvalue weighted by atomic mass is 10.0. The Kier molecular flexibility index (Phi) is 6.42. The van der Waals surface area contributed by atoms with Crippen LogP contribution in [0.1, 0.15) is 48.1 Å². The second-order valence-corrected chi connectivity index (χ2v) is 6.24. The maximum absolute atomic E-state index is 12.3. The van der Waals surface area contributed by atoms with E-state index in [0.29, 0.717) is 6.42 Å². The van der Waals surface area contributed by atoms with Crippen molar-refractivity contribution in [2.24, 2.45) is 0 Å². The second kappa shape index (κ2) is 8.53. The van der Waals surface area contributed by atoms with Crippen molar-refractivity contribution in [2.45, 2.75) is 46.1 Å². The van der Waals surface area contributed by atoms with Crippen LogP contribution >= 0.6 is 0 Å². The molecule has 1 atom stereocenters. The van der Waals surface area contributed by atoms with Crippen molar-refractivity contribution in [1.29, 1.82) is 0 Å². The third-order valence-electron chi connectivity index (χ3n) is 4.33. The minimum absolute atomic E-state index is 0.0418. The molecule has 1 N–H and O–H groups in total. The normalized spacial score (nSPS) is 11.8. The van der Waals surface area contributed by atoms with E-state index in [9.17, 15) is 4.79 Å². The first kappa shape index (κ1) is 18.1. The first-order chi connectivity index (χ1) is 11.5. The predicted octanol–water partition coefficient (Wildman–Crippen LogP) is 4.51. The van der Waals surface area contributed by atoms with E-state index in [1.807, 2.05) is 19.1 Å². The van der Waals surface area contributed by atoms with Crippen LogP contribution in [0, 0.1) is 13.8 Å². The molecule has 0 bridgehead atoms. The molecule has 2 aromatic carbocycles. The molecule has 0 radical (unpaired) electrons. The van der Waals surface area contributed by atoms with Crippen LogP contribution in [-0.4, -0.2) is 13.0 Å². The van der Waals surface area contributed by atoms with Crippen LogP contribution in [0.25, 0.3) is 0 Å². The van der Waals surface area contributed by atoms with E-state index in [1.54, 1.807) is 7.11 Å². The van der Waals surface area contributed by atoms with Gasteiger partial charge in [-0.15, -0.1) is 0 Å². The van der Waals surface area contributed by atoms with Crippen LogP contribution in [0.15, 0.2) is 42.5 Å². The lowest BCUT2D eigenvalue weighted by Gasteiger charge is -2.19. The molecule has 0 aliphatic rings. The van der Waals surface area contributed by atoms with Crippen molar-refractivity contribution in [2.75, 3.05) is 7.11 Å². The van der Waals surface area contributed by atoms with Crippen molar-refractivity contribution in [3.8, 4) is 5.75 Å². The Morgan fingerprint density at radius 2 is 1.83 bits per heavy atom. The van der Waals surface area contributed by atoms with Gasteiger partial charge in [-0.3, -0.25) is 4.79 Å². The Hall–Kier alpha value is -2.29. The summed E-state index contributed by atoms with van der Waals surface area (Å²) in [5.74, 6) is 0.968. The molecule has 3 nitrogen and oxygen atoms in total. The fraction of sp³-hybridized carbons (Fsp3) is 0.381. The van der Waals surface area contributed by atoms with Crippen LogP contribution in [0.2, 0.25) is 0 Å². The van der Waals surface area contributed by atoms with Gasteiger partial charge < -0.3 is 10.1 Å². The van der Waals surface area contributed by atoms with E-state index in [1.165, 1.54) is 11.1 Å². The molecule has 1 amide bonds. The maximum Gasteiger partial charge on any atom is 0.220 e. The van der Waals surface area contributed by atoms with E-state index in [0.717, 1.165) is 29.7 Å². The Morgan fingerprint density at radius 1 is 1.12 bits per heavy atom. The largest absolute Gasteiger partial charge is 0.496 e. The van der Waals surface area contributed by atoms with Crippen LogP contribution in [0.4, 0.5) is 0 Å². The Morgan fingerprint density at radius 3 is 2.42 bits per heavy atom. The van der Waals surface area contributed by atoms with Gasteiger partial charge in [0.05, 0.1) is 13.2 Å². The van der Waals surface area contributed by atoms with Gasteiger partial charge in [-0.1, -0.05) is 48.9 Å². The molecule has 2 aromatic rings. The summed E-state index contributed by atoms with van der Waals surface area (Å²) in [7, 11) is 1.67. The molecule has 0 aromatic heterocycles. The van der Waals surface area contributed by atoms with Crippen molar-refractivity contribution >= 4 is 5.91 Å². The number of hydrogen-bond donors (Lipinski definition) is 1. The second-order valence-electron chi connectivity index (χ2n) is 6.24. The monoisotopic (exact) mass is 325 g/mol. The Bertz CT molecular complexity index is 677. The molecule has 3 heteroatoms. The van der Waals surface area contributed by atoms with Gasteiger partial charge in [-0.05, 0) is 49.4 Å². The fourth-order valence-corrected chi connectivity index (χ4v) is 2.82. The number of amides is 1. The number of hydrogen-bond acceptors (Lipinski definition) is 2. The summed E-state index contributed by atoms with van der Waals surface area (Å²) in [4.78, 5) is 12.3. The summed E-state index contributed by atoms with van der Waals surface area (Å²) in [6.45, 7) is 6.18. The van der Waals surface area contributed by atoms with Gasteiger partial charge in [0.2, 0.25) is 5.91 Å². The third-order valence-corrected chi connectivity index (χ3v) is 4.33.